The van der Waals surface area contributed by atoms with E-state index in [1.807, 2.05) is 41.0 Å². The van der Waals surface area contributed by atoms with Gasteiger partial charge >= 0.3 is 0 Å². The molecular weight excluding hydrogens is 436 g/mol. The largest absolute Gasteiger partial charge is 0.491 e. The summed E-state index contributed by atoms with van der Waals surface area (Å²) in [4.78, 5) is 18.7. The zero-order valence-corrected chi connectivity index (χ0v) is 20.4. The molecule has 0 spiro atoms. The van der Waals surface area contributed by atoms with Crippen LogP contribution in [0, 0.1) is 19.3 Å². The number of rotatable bonds is 12. The van der Waals surface area contributed by atoms with Crippen molar-refractivity contribution in [2.45, 2.75) is 38.8 Å². The van der Waals surface area contributed by atoms with Crippen LogP contribution in [-0.2, 0) is 16.0 Å². The van der Waals surface area contributed by atoms with Crippen LogP contribution in [0.15, 0.2) is 35.7 Å². The number of carbonyl (C=O) groups is 1. The summed E-state index contributed by atoms with van der Waals surface area (Å²) >= 11 is 1.74. The van der Waals surface area contributed by atoms with E-state index < -0.39 is 6.10 Å². The van der Waals surface area contributed by atoms with Crippen LogP contribution >= 0.6 is 11.3 Å². The fraction of sp³-hybridized carbons (Fsp3) is 0.500. The summed E-state index contributed by atoms with van der Waals surface area (Å²) in [7, 11) is 0. The van der Waals surface area contributed by atoms with Crippen LogP contribution in [0.1, 0.15) is 35.4 Å². The van der Waals surface area contributed by atoms with Crippen LogP contribution in [0.2, 0.25) is 0 Å². The molecule has 1 aliphatic heterocycles. The summed E-state index contributed by atoms with van der Waals surface area (Å²) in [5, 5.41) is 12.4. The Bertz CT molecular complexity index is 938. The molecule has 0 unspecified atom stereocenters. The van der Waals surface area contributed by atoms with Gasteiger partial charge in [-0.3, -0.25) is 9.69 Å². The summed E-state index contributed by atoms with van der Waals surface area (Å²) in [6, 6.07) is 9.96. The number of aryl methyl sites for hydroxylation is 1. The SMILES string of the molecule is C#CCOC[C@H](O)CN(CCC)CC(=O)N1CCc2sccc2[C@H]1COc1cccc(C)c1. The number of terminal acetylenes is 1. The van der Waals surface area contributed by atoms with Crippen molar-refractivity contribution in [3.05, 3.63) is 51.7 Å². The molecule has 0 fully saturated rings. The number of hydrogen-bond donors (Lipinski definition) is 1. The van der Waals surface area contributed by atoms with E-state index in [1.54, 1.807) is 11.3 Å². The molecule has 0 saturated carbocycles. The van der Waals surface area contributed by atoms with Gasteiger partial charge in [0.25, 0.3) is 0 Å². The van der Waals surface area contributed by atoms with E-state index in [0.29, 0.717) is 19.7 Å². The van der Waals surface area contributed by atoms with Gasteiger partial charge in [-0.15, -0.1) is 17.8 Å². The Morgan fingerprint density at radius 2 is 2.27 bits per heavy atom. The molecule has 2 atom stereocenters. The van der Waals surface area contributed by atoms with Gasteiger partial charge in [-0.1, -0.05) is 25.0 Å². The fourth-order valence-corrected chi connectivity index (χ4v) is 5.12. The van der Waals surface area contributed by atoms with Crippen molar-refractivity contribution in [2.24, 2.45) is 0 Å². The molecule has 1 aromatic carbocycles. The number of benzene rings is 1. The lowest BCUT2D eigenvalue weighted by Gasteiger charge is -2.37. The summed E-state index contributed by atoms with van der Waals surface area (Å²) in [5.74, 6) is 3.26. The molecule has 0 saturated heterocycles. The quantitative estimate of drug-likeness (QED) is 0.381. The Kier molecular flexibility index (Phi) is 9.76. The second kappa shape index (κ2) is 12.8. The van der Waals surface area contributed by atoms with Crippen LogP contribution < -0.4 is 4.74 Å². The smallest absolute Gasteiger partial charge is 0.237 e. The fourth-order valence-electron chi connectivity index (χ4n) is 4.19. The Labute approximate surface area is 201 Å². The van der Waals surface area contributed by atoms with E-state index >= 15 is 0 Å². The van der Waals surface area contributed by atoms with Gasteiger partial charge in [0.2, 0.25) is 5.91 Å². The zero-order chi connectivity index (χ0) is 23.6. The van der Waals surface area contributed by atoms with Gasteiger partial charge in [0.15, 0.2) is 0 Å². The van der Waals surface area contributed by atoms with E-state index in [9.17, 15) is 9.90 Å². The summed E-state index contributed by atoms with van der Waals surface area (Å²) in [5.41, 5.74) is 2.32. The molecule has 3 rings (SSSR count). The number of hydrogen-bond acceptors (Lipinski definition) is 6. The van der Waals surface area contributed by atoms with Gasteiger partial charge in [-0.05, 0) is 61.0 Å². The van der Waals surface area contributed by atoms with Crippen molar-refractivity contribution >= 4 is 17.2 Å². The van der Waals surface area contributed by atoms with Crippen molar-refractivity contribution < 1.29 is 19.4 Å². The average molecular weight is 471 g/mol. The zero-order valence-electron chi connectivity index (χ0n) is 19.5. The van der Waals surface area contributed by atoms with Crippen LogP contribution in [0.5, 0.6) is 5.75 Å². The highest BCUT2D eigenvalue weighted by atomic mass is 32.1. The summed E-state index contributed by atoms with van der Waals surface area (Å²) in [6.07, 6.45) is 6.25. The van der Waals surface area contributed by atoms with Gasteiger partial charge < -0.3 is 19.5 Å². The number of amides is 1. The number of nitrogens with zero attached hydrogens (tertiary/aromatic N) is 2. The Morgan fingerprint density at radius 1 is 1.42 bits per heavy atom. The van der Waals surface area contributed by atoms with Gasteiger partial charge in [0, 0.05) is 18.0 Å². The second-order valence-electron chi connectivity index (χ2n) is 8.39. The predicted octanol–water partition coefficient (Wildman–Crippen LogP) is 3.28. The summed E-state index contributed by atoms with van der Waals surface area (Å²) < 4.78 is 11.4. The van der Waals surface area contributed by atoms with Crippen molar-refractivity contribution in [2.75, 3.05) is 46.0 Å². The topological polar surface area (TPSA) is 62.2 Å². The first kappa shape index (κ1) is 25.3. The third-order valence-electron chi connectivity index (χ3n) is 5.68. The molecule has 6 nitrogen and oxygen atoms in total. The third-order valence-corrected chi connectivity index (χ3v) is 6.67. The van der Waals surface area contributed by atoms with Crippen LogP contribution in [0.25, 0.3) is 0 Å². The van der Waals surface area contributed by atoms with Crippen molar-refractivity contribution in [3.63, 3.8) is 0 Å². The maximum atomic E-state index is 13.4. The third kappa shape index (κ3) is 7.31. The first-order valence-electron chi connectivity index (χ1n) is 11.5. The molecule has 0 aliphatic carbocycles. The standard InChI is InChI=1S/C26H34N2O4S/c1-4-11-27(16-21(29)18-31-13-5-2)17-26(30)28-12-9-25-23(10-14-33-25)24(28)19-32-22-8-6-7-20(3)15-22/h2,6-8,10,14-15,21,24,29H,4,9,11-13,16-19H2,1,3H3/t21-,24-/m1/s1. The molecule has 1 N–H and O–H groups in total. The molecule has 0 bridgehead atoms. The Morgan fingerprint density at radius 3 is 3.03 bits per heavy atom. The Hall–Kier alpha value is -2.37. The Balaban J connectivity index is 1.67. The molecule has 1 amide bonds. The number of ether oxygens (including phenoxy) is 2. The van der Waals surface area contributed by atoms with Crippen LogP contribution in [-0.4, -0.2) is 72.9 Å². The minimum absolute atomic E-state index is 0.0508. The molecular formula is C26H34N2O4S. The van der Waals surface area contributed by atoms with Gasteiger partial charge in [0.05, 0.1) is 25.3 Å². The lowest BCUT2D eigenvalue weighted by atomic mass is 10.0. The predicted molar refractivity (Wildman–Crippen MR) is 132 cm³/mol. The maximum absolute atomic E-state index is 13.4. The minimum Gasteiger partial charge on any atom is -0.491 e. The molecule has 178 valence electrons. The second-order valence-corrected chi connectivity index (χ2v) is 9.39. The molecule has 1 aliphatic rings. The summed E-state index contributed by atoms with van der Waals surface area (Å²) in [6.45, 7) is 6.85. The first-order valence-corrected chi connectivity index (χ1v) is 12.4. The first-order chi connectivity index (χ1) is 16.0. The van der Waals surface area contributed by atoms with E-state index in [1.165, 1.54) is 10.4 Å². The van der Waals surface area contributed by atoms with Crippen molar-refractivity contribution in [1.29, 1.82) is 0 Å². The van der Waals surface area contributed by atoms with Gasteiger partial charge in [-0.2, -0.15) is 0 Å². The average Bonchev–Trinajstić information content (AvgIpc) is 3.27. The van der Waals surface area contributed by atoms with E-state index in [0.717, 1.165) is 30.7 Å². The normalized spacial score (nSPS) is 16.3. The van der Waals surface area contributed by atoms with Crippen molar-refractivity contribution in [3.8, 4) is 18.1 Å². The number of aliphatic hydroxyl groups excluding tert-OH is 1. The van der Waals surface area contributed by atoms with Crippen molar-refractivity contribution in [1.82, 2.24) is 9.80 Å². The van der Waals surface area contributed by atoms with E-state index in [2.05, 4.69) is 24.3 Å². The number of thiophene rings is 1. The highest BCUT2D eigenvalue weighted by Gasteiger charge is 2.33. The lowest BCUT2D eigenvalue weighted by molar-refractivity contribution is -0.136. The molecule has 0 radical (unpaired) electrons. The number of fused-ring (bicyclic) bond motifs is 1. The van der Waals surface area contributed by atoms with Gasteiger partial charge in [0.1, 0.15) is 19.0 Å². The molecule has 2 aromatic rings. The lowest BCUT2D eigenvalue weighted by Crippen LogP contribution is -2.48. The monoisotopic (exact) mass is 470 g/mol. The van der Waals surface area contributed by atoms with E-state index in [-0.39, 0.29) is 31.7 Å². The number of aliphatic hydroxyl groups is 1. The van der Waals surface area contributed by atoms with E-state index in [4.69, 9.17) is 15.9 Å². The maximum Gasteiger partial charge on any atom is 0.237 e. The molecule has 33 heavy (non-hydrogen) atoms. The highest BCUT2D eigenvalue weighted by molar-refractivity contribution is 7.10. The van der Waals surface area contributed by atoms with Crippen LogP contribution in [0.3, 0.4) is 0 Å². The van der Waals surface area contributed by atoms with Crippen LogP contribution in [0.4, 0.5) is 0 Å². The highest BCUT2D eigenvalue weighted by Crippen LogP contribution is 2.34. The molecule has 2 heterocycles. The molecule has 1 aromatic heterocycles. The number of carbonyl (C=O) groups excluding carboxylic acids is 1. The van der Waals surface area contributed by atoms with Gasteiger partial charge in [-0.25, -0.2) is 0 Å². The minimum atomic E-state index is -0.692. The molecule has 7 heteroatoms.